The summed E-state index contributed by atoms with van der Waals surface area (Å²) in [5.41, 5.74) is 2.85. The van der Waals surface area contributed by atoms with Gasteiger partial charge in [-0.1, -0.05) is 0 Å². The lowest BCUT2D eigenvalue weighted by atomic mass is 10.1. The number of rotatable bonds is 3. The van der Waals surface area contributed by atoms with E-state index in [0.29, 0.717) is 11.9 Å². The summed E-state index contributed by atoms with van der Waals surface area (Å²) < 4.78 is 1.78. The largest absolute Gasteiger partial charge is 0.366 e. The molecule has 3 aromatic rings. The van der Waals surface area contributed by atoms with Crippen molar-refractivity contribution in [2.45, 2.75) is 25.8 Å². The van der Waals surface area contributed by atoms with Gasteiger partial charge in [-0.15, -0.1) is 0 Å². The fourth-order valence-corrected chi connectivity index (χ4v) is 2.89. The molecule has 7 heteroatoms. The summed E-state index contributed by atoms with van der Waals surface area (Å²) in [5.74, 6) is 1.57. The normalized spacial score (nSPS) is 18.2. The molecule has 1 aliphatic rings. The highest BCUT2D eigenvalue weighted by Crippen LogP contribution is 2.23. The Morgan fingerprint density at radius 1 is 1.30 bits per heavy atom. The summed E-state index contributed by atoms with van der Waals surface area (Å²) in [4.78, 5) is 13.4. The smallest absolute Gasteiger partial charge is 0.165 e. The second kappa shape index (κ2) is 5.92. The zero-order valence-corrected chi connectivity index (χ0v) is 13.0. The number of hydrogen-bond acceptors (Lipinski definition) is 6. The van der Waals surface area contributed by atoms with Gasteiger partial charge in [0.2, 0.25) is 0 Å². The number of aryl methyl sites for hydroxylation is 1. The van der Waals surface area contributed by atoms with Gasteiger partial charge >= 0.3 is 0 Å². The minimum Gasteiger partial charge on any atom is -0.366 e. The average molecular weight is 309 g/mol. The van der Waals surface area contributed by atoms with Crippen LogP contribution in [0.25, 0.3) is 16.9 Å². The molecule has 0 saturated carbocycles. The molecule has 23 heavy (non-hydrogen) atoms. The first-order valence-corrected chi connectivity index (χ1v) is 7.90. The van der Waals surface area contributed by atoms with E-state index < -0.39 is 0 Å². The standard InChI is InChI=1S/C16H19N7/c1-11-7-19-16(13-9-20-23-6-5-18-10-14(13)23)22-15(11)21-12-3-2-4-17-8-12/h5-7,9-10,12,17H,2-4,8H2,1H3,(H,19,21,22)/t12-/m1/s1. The van der Waals surface area contributed by atoms with Gasteiger partial charge in [0.15, 0.2) is 5.82 Å². The van der Waals surface area contributed by atoms with Crippen LogP contribution in [0.3, 0.4) is 0 Å². The van der Waals surface area contributed by atoms with Crippen LogP contribution in [0, 0.1) is 6.92 Å². The highest BCUT2D eigenvalue weighted by molar-refractivity contribution is 5.75. The zero-order valence-electron chi connectivity index (χ0n) is 13.0. The predicted octanol–water partition coefficient (Wildman–Crippen LogP) is 1.66. The Kier molecular flexibility index (Phi) is 3.63. The van der Waals surface area contributed by atoms with E-state index in [2.05, 4.69) is 25.7 Å². The Hall–Kier alpha value is -2.54. The van der Waals surface area contributed by atoms with E-state index in [1.165, 1.54) is 6.42 Å². The van der Waals surface area contributed by atoms with Crippen LogP contribution in [-0.4, -0.2) is 43.7 Å². The quantitative estimate of drug-likeness (QED) is 0.766. The van der Waals surface area contributed by atoms with Crippen LogP contribution in [-0.2, 0) is 0 Å². The number of fused-ring (bicyclic) bond motifs is 1. The first-order chi connectivity index (χ1) is 11.3. The molecule has 0 amide bonds. The van der Waals surface area contributed by atoms with E-state index in [0.717, 1.165) is 42.0 Å². The maximum absolute atomic E-state index is 4.73. The summed E-state index contributed by atoms with van der Waals surface area (Å²) >= 11 is 0. The Labute approximate surface area is 134 Å². The number of piperidine rings is 1. The van der Waals surface area contributed by atoms with Gasteiger partial charge in [-0.2, -0.15) is 5.10 Å². The Bertz CT molecular complexity index is 820. The van der Waals surface area contributed by atoms with Crippen molar-refractivity contribution in [1.82, 2.24) is 29.9 Å². The van der Waals surface area contributed by atoms with Crippen LogP contribution in [0.5, 0.6) is 0 Å². The van der Waals surface area contributed by atoms with Crippen LogP contribution in [0.2, 0.25) is 0 Å². The van der Waals surface area contributed by atoms with Gasteiger partial charge in [0.1, 0.15) is 5.82 Å². The van der Waals surface area contributed by atoms with E-state index in [9.17, 15) is 0 Å². The Balaban J connectivity index is 1.68. The van der Waals surface area contributed by atoms with Gasteiger partial charge in [-0.3, -0.25) is 4.98 Å². The van der Waals surface area contributed by atoms with Crippen molar-refractivity contribution < 1.29 is 0 Å². The number of anilines is 1. The van der Waals surface area contributed by atoms with Crippen molar-refractivity contribution in [3.63, 3.8) is 0 Å². The molecule has 1 atom stereocenters. The maximum atomic E-state index is 4.73. The maximum Gasteiger partial charge on any atom is 0.165 e. The molecule has 7 nitrogen and oxygen atoms in total. The van der Waals surface area contributed by atoms with Crippen molar-refractivity contribution >= 4 is 11.3 Å². The van der Waals surface area contributed by atoms with E-state index >= 15 is 0 Å². The van der Waals surface area contributed by atoms with Crippen LogP contribution in [0.4, 0.5) is 5.82 Å². The van der Waals surface area contributed by atoms with Crippen molar-refractivity contribution in [3.8, 4) is 11.4 Å². The molecule has 4 heterocycles. The van der Waals surface area contributed by atoms with Crippen molar-refractivity contribution in [2.75, 3.05) is 18.4 Å². The molecule has 0 unspecified atom stereocenters. The van der Waals surface area contributed by atoms with Crippen molar-refractivity contribution in [1.29, 1.82) is 0 Å². The topological polar surface area (TPSA) is 80.0 Å². The second-order valence-electron chi connectivity index (χ2n) is 5.88. The third kappa shape index (κ3) is 2.75. The minimum atomic E-state index is 0.413. The number of nitrogens with one attached hydrogen (secondary N) is 2. The van der Waals surface area contributed by atoms with Gasteiger partial charge < -0.3 is 10.6 Å². The molecule has 0 aliphatic carbocycles. The first kappa shape index (κ1) is 14.1. The highest BCUT2D eigenvalue weighted by Gasteiger charge is 2.16. The Morgan fingerprint density at radius 3 is 3.13 bits per heavy atom. The highest BCUT2D eigenvalue weighted by atomic mass is 15.2. The van der Waals surface area contributed by atoms with Gasteiger partial charge in [-0.05, 0) is 26.3 Å². The lowest BCUT2D eigenvalue weighted by Gasteiger charge is -2.25. The molecule has 3 aromatic heterocycles. The molecular weight excluding hydrogens is 290 g/mol. The molecule has 0 aromatic carbocycles. The fourth-order valence-electron chi connectivity index (χ4n) is 2.89. The summed E-state index contributed by atoms with van der Waals surface area (Å²) in [6, 6.07) is 0.413. The fraction of sp³-hybridized carbons (Fsp3) is 0.375. The summed E-state index contributed by atoms with van der Waals surface area (Å²) in [6.45, 7) is 4.10. The molecule has 118 valence electrons. The summed E-state index contributed by atoms with van der Waals surface area (Å²) in [7, 11) is 0. The third-order valence-electron chi connectivity index (χ3n) is 4.18. The molecular formula is C16H19N7. The number of nitrogens with zero attached hydrogens (tertiary/aromatic N) is 5. The van der Waals surface area contributed by atoms with E-state index in [1.807, 2.05) is 19.3 Å². The molecule has 0 spiro atoms. The third-order valence-corrected chi connectivity index (χ3v) is 4.18. The van der Waals surface area contributed by atoms with Gasteiger partial charge in [0.05, 0.1) is 23.5 Å². The van der Waals surface area contributed by atoms with Crippen LogP contribution in [0.1, 0.15) is 18.4 Å². The zero-order chi connectivity index (χ0) is 15.6. The van der Waals surface area contributed by atoms with Gasteiger partial charge in [0.25, 0.3) is 0 Å². The van der Waals surface area contributed by atoms with Crippen LogP contribution in [0.15, 0.2) is 31.0 Å². The van der Waals surface area contributed by atoms with Crippen LogP contribution >= 0.6 is 0 Å². The summed E-state index contributed by atoms with van der Waals surface area (Å²) in [5, 5.41) is 11.3. The van der Waals surface area contributed by atoms with Crippen molar-refractivity contribution in [3.05, 3.63) is 36.5 Å². The number of hydrogen-bond donors (Lipinski definition) is 2. The lowest BCUT2D eigenvalue weighted by molar-refractivity contribution is 0.479. The van der Waals surface area contributed by atoms with Gasteiger partial charge in [0, 0.05) is 36.7 Å². The first-order valence-electron chi connectivity index (χ1n) is 7.90. The summed E-state index contributed by atoms with van der Waals surface area (Å²) in [6.07, 6.45) is 11.3. The molecule has 0 radical (unpaired) electrons. The minimum absolute atomic E-state index is 0.413. The SMILES string of the molecule is Cc1cnc(-c2cnn3ccncc23)nc1N[C@@H]1CCCNC1. The molecule has 1 fully saturated rings. The van der Waals surface area contributed by atoms with E-state index in [-0.39, 0.29) is 0 Å². The van der Waals surface area contributed by atoms with E-state index in [1.54, 1.807) is 23.1 Å². The van der Waals surface area contributed by atoms with Crippen LogP contribution < -0.4 is 10.6 Å². The van der Waals surface area contributed by atoms with Crippen molar-refractivity contribution in [2.24, 2.45) is 0 Å². The molecule has 1 saturated heterocycles. The van der Waals surface area contributed by atoms with Gasteiger partial charge in [-0.25, -0.2) is 14.5 Å². The molecule has 4 rings (SSSR count). The predicted molar refractivity (Wildman–Crippen MR) is 88.3 cm³/mol. The second-order valence-corrected chi connectivity index (χ2v) is 5.88. The average Bonchev–Trinajstić information content (AvgIpc) is 3.02. The number of aromatic nitrogens is 5. The monoisotopic (exact) mass is 309 g/mol. The lowest BCUT2D eigenvalue weighted by Crippen LogP contribution is -2.38. The molecule has 1 aliphatic heterocycles. The molecule has 2 N–H and O–H groups in total. The Morgan fingerprint density at radius 2 is 2.26 bits per heavy atom. The molecule has 0 bridgehead atoms. The van der Waals surface area contributed by atoms with E-state index in [4.69, 9.17) is 4.98 Å².